The third-order valence-electron chi connectivity index (χ3n) is 6.59. The van der Waals surface area contributed by atoms with Crippen molar-refractivity contribution in [3.05, 3.63) is 142 Å². The summed E-state index contributed by atoms with van der Waals surface area (Å²) in [5.41, 5.74) is -8.59. The highest BCUT2D eigenvalue weighted by Gasteiger charge is 2.15. The number of nitrogens with one attached hydrogen (secondary N) is 2. The number of benzene rings is 2. The molecule has 2 N–H and O–H groups in total. The summed E-state index contributed by atoms with van der Waals surface area (Å²) in [6, 6.07) is 5.27. The Morgan fingerprint density at radius 2 is 1.35 bits per heavy atom. The predicted molar refractivity (Wildman–Crippen MR) is 201 cm³/mol. The summed E-state index contributed by atoms with van der Waals surface area (Å²) in [5.74, 6) is -0.990. The molecule has 0 saturated carbocycles. The summed E-state index contributed by atoms with van der Waals surface area (Å²) in [7, 11) is -3.18. The first kappa shape index (κ1) is 15.2. The predicted octanol–water partition coefficient (Wildman–Crippen LogP) is 8.62. The maximum Gasteiger partial charge on any atom is 0.275 e. The van der Waals surface area contributed by atoms with Gasteiger partial charge in [0.1, 0.15) is 5.75 Å². The van der Waals surface area contributed by atoms with Gasteiger partial charge in [-0.25, -0.2) is 9.97 Å². The number of H-pyrrole nitrogens is 2. The van der Waals surface area contributed by atoms with Crippen molar-refractivity contribution < 1.29 is 43.9 Å². The Bertz CT molecular complexity index is 3590. The number of rotatable bonds is 10. The zero-order valence-corrected chi connectivity index (χ0v) is 26.8. The molecule has 2 aromatic carbocycles. The summed E-state index contributed by atoms with van der Waals surface area (Å²) in [6.45, 7) is -6.37. The molecule has 0 radical (unpaired) electrons. The van der Waals surface area contributed by atoms with E-state index in [-0.39, 0.29) is 46.4 Å². The molecule has 0 unspecified atom stereocenters. The minimum absolute atomic E-state index is 0.0581. The normalized spacial score (nSPS) is 19.5. The van der Waals surface area contributed by atoms with E-state index in [2.05, 4.69) is 29.9 Å². The Kier molecular flexibility index (Phi) is 4.45. The highest BCUT2D eigenvalue weighted by molar-refractivity contribution is 7.98. The van der Waals surface area contributed by atoms with Crippen LogP contribution in [-0.4, -0.2) is 51.0 Å². The minimum Gasteiger partial charge on any atom is -0.496 e. The van der Waals surface area contributed by atoms with Gasteiger partial charge in [0, 0.05) is 90.7 Å². The molecular formula is C37H33N9O3S2. The van der Waals surface area contributed by atoms with Crippen molar-refractivity contribution in [2.24, 2.45) is 0 Å². The average molecular weight is 741 g/mol. The first-order valence-electron chi connectivity index (χ1n) is 26.4. The minimum atomic E-state index is -3.21. The van der Waals surface area contributed by atoms with Crippen LogP contribution in [0.25, 0.3) is 33.4 Å². The fourth-order valence-electron chi connectivity index (χ4n) is 4.26. The van der Waals surface area contributed by atoms with Crippen molar-refractivity contribution in [3.8, 4) is 17.1 Å². The molecule has 0 aliphatic carbocycles. The van der Waals surface area contributed by atoms with Gasteiger partial charge >= 0.3 is 0 Å². The van der Waals surface area contributed by atoms with E-state index in [0.717, 1.165) is 9.13 Å². The lowest BCUT2D eigenvalue weighted by Gasteiger charge is -2.08. The van der Waals surface area contributed by atoms with Gasteiger partial charge in [-0.2, -0.15) is 0 Å². The number of hydrogen-bond donors (Lipinski definition) is 2. The van der Waals surface area contributed by atoms with Crippen LogP contribution >= 0.6 is 23.5 Å². The van der Waals surface area contributed by atoms with E-state index < -0.39 is 120 Å². The van der Waals surface area contributed by atoms with Crippen molar-refractivity contribution >= 4 is 51.3 Å². The molecule has 256 valence electrons. The first-order chi connectivity index (χ1) is 34.9. The molecule has 12 nitrogen and oxygen atoms in total. The molecule has 0 saturated heterocycles. The van der Waals surface area contributed by atoms with Crippen molar-refractivity contribution in [2.75, 3.05) is 7.04 Å². The standard InChI is InChI=1S/C19H18N4OS.C18H15N5O2S/c1-13-17(20-8-7-18(13)24-2)12-25-19-21-15-6-5-14(11-16(15)22-19)23-9-3-4-10-23;1-12-16(19-7-6-17(12)23(24)25)11-26-18-20-14-5-4-13(10-15(14)21-18)22-8-2-3-9-22/h3-11H,12H2,1-2H3,(H,21,22);2-10H,11H2,1H3,(H,20,21)/i1D3,2D3,3D,4D,7D,8D,9D,10D,12D2;1D3,2D,3D,6D,7D,8D,9D,11D2. The number of fused-ring (bicyclic) bond motifs is 2. The van der Waals surface area contributed by atoms with Gasteiger partial charge in [-0.15, -0.1) is 0 Å². The van der Waals surface area contributed by atoms with Crippen molar-refractivity contribution in [1.82, 2.24) is 39.0 Å². The summed E-state index contributed by atoms with van der Waals surface area (Å²) in [6.07, 6.45) is -3.31. The molecule has 0 bridgehead atoms. The van der Waals surface area contributed by atoms with Crippen molar-refractivity contribution in [2.45, 2.75) is 35.4 Å². The van der Waals surface area contributed by atoms with Gasteiger partial charge in [0.25, 0.3) is 5.69 Å². The van der Waals surface area contributed by atoms with Crippen LogP contribution in [0.4, 0.5) is 5.69 Å². The third kappa shape index (κ3) is 7.51. The Balaban J connectivity index is 0.000000221. The number of aromatic nitrogens is 8. The lowest BCUT2D eigenvalue weighted by molar-refractivity contribution is -0.385. The van der Waals surface area contributed by atoms with E-state index in [1.807, 2.05) is 0 Å². The number of nitrogens with zero attached hydrogens (tertiary/aromatic N) is 7. The average Bonchev–Trinajstić information content (AvgIpc) is 3.99. The number of thioether (sulfide) groups is 2. The van der Waals surface area contributed by atoms with Gasteiger partial charge in [0.05, 0.1) is 66.0 Å². The van der Waals surface area contributed by atoms with Gasteiger partial charge in [-0.1, -0.05) is 23.5 Å². The van der Waals surface area contributed by atoms with Gasteiger partial charge in [0.15, 0.2) is 10.3 Å². The number of imidazole rings is 2. The molecule has 0 aliphatic heterocycles. The first-order valence-corrected chi connectivity index (χ1v) is 15.6. The molecule has 8 rings (SSSR count). The summed E-state index contributed by atoms with van der Waals surface area (Å²) in [5, 5.41) is 11.4. The Hall–Kier alpha value is -5.86. The summed E-state index contributed by atoms with van der Waals surface area (Å²) in [4.78, 5) is 31.8. The van der Waals surface area contributed by atoms with E-state index in [9.17, 15) is 10.1 Å². The smallest absolute Gasteiger partial charge is 0.275 e. The van der Waals surface area contributed by atoms with Crippen LogP contribution in [0.1, 0.15) is 56.8 Å². The second kappa shape index (κ2) is 14.9. The van der Waals surface area contributed by atoms with Gasteiger partial charge in [-0.3, -0.25) is 20.1 Å². The summed E-state index contributed by atoms with van der Waals surface area (Å²) >= 11 is 0.734. The van der Waals surface area contributed by atoms with Crippen LogP contribution in [0.3, 0.4) is 0 Å². The molecule has 14 heteroatoms. The number of hydrogen-bond acceptors (Lipinski definition) is 9. The maximum atomic E-state index is 11.5. The van der Waals surface area contributed by atoms with Crippen molar-refractivity contribution in [1.29, 1.82) is 0 Å². The maximum absolute atomic E-state index is 11.5. The monoisotopic (exact) mass is 740 g/mol. The van der Waals surface area contributed by atoms with Crippen LogP contribution < -0.4 is 4.74 Å². The highest BCUT2D eigenvalue weighted by Crippen LogP contribution is 2.29. The van der Waals surface area contributed by atoms with Gasteiger partial charge in [0.2, 0.25) is 0 Å². The molecule has 0 aliphatic rings. The number of ether oxygens (including phenoxy) is 1. The van der Waals surface area contributed by atoms with E-state index in [4.69, 9.17) is 39.0 Å². The van der Waals surface area contributed by atoms with E-state index in [0.29, 0.717) is 45.6 Å². The lowest BCUT2D eigenvalue weighted by Crippen LogP contribution is -1.98. The van der Waals surface area contributed by atoms with Crippen LogP contribution in [0.2, 0.25) is 0 Å². The molecule has 6 aromatic heterocycles. The molecule has 8 aromatic rings. The van der Waals surface area contributed by atoms with Crippen LogP contribution in [-0.2, 0) is 11.4 Å². The van der Waals surface area contributed by atoms with Crippen LogP contribution in [0.15, 0.2) is 120 Å². The van der Waals surface area contributed by atoms with Crippen LogP contribution in [0.5, 0.6) is 5.75 Å². The SMILES string of the molecule is [2H]c1nc(C([2H])([2H])Sc2nc3ccc(-n4c([2H])c([2H])c([2H])c4[2H])cc3[nH]2)c(C([2H])([2H])[2H])c(OC([2H])([2H])[2H])c1[2H].[2H]c1nc(C([2H])([2H])Sc2nc3ccc(-n4c([2H])c([2H])c([2H])c4[2H])cc3[nH]2)c(C([2H])([2H])[2H])c([N+](=O)[O-])c1[2H]. The molecule has 0 amide bonds. The molecular weight excluding hydrogens is 683 g/mol. The Morgan fingerprint density at radius 1 is 0.824 bits per heavy atom. The highest BCUT2D eigenvalue weighted by atomic mass is 32.2. The molecule has 0 atom stereocenters. The lowest BCUT2D eigenvalue weighted by atomic mass is 10.2. The van der Waals surface area contributed by atoms with Gasteiger partial charge < -0.3 is 23.8 Å². The zero-order chi connectivity index (χ0) is 56.8. The quantitative estimate of drug-likeness (QED) is 0.0800. The topological polar surface area (TPSA) is 145 Å². The fraction of sp³-hybridized carbons (Fsp3) is 0.135. The summed E-state index contributed by atoms with van der Waals surface area (Å²) < 4.78 is 204. The number of nitro groups is 1. The zero-order valence-electron chi connectivity index (χ0n) is 50.1. The van der Waals surface area contributed by atoms with E-state index in [1.165, 1.54) is 36.4 Å². The second-order valence-corrected chi connectivity index (χ2v) is 11.3. The molecule has 51 heavy (non-hydrogen) atoms. The van der Waals surface area contributed by atoms with Crippen LogP contribution in [0, 0.1) is 23.8 Å². The number of methoxy groups -OCH3 is 1. The molecule has 0 spiro atoms. The third-order valence-corrected chi connectivity index (χ3v) is 7.95. The van der Waals surface area contributed by atoms with E-state index >= 15 is 0 Å². The number of aromatic amines is 2. The van der Waals surface area contributed by atoms with E-state index in [1.54, 1.807) is 0 Å². The number of pyridine rings is 2. The molecule has 0 fully saturated rings. The molecule has 6 heterocycles. The fourth-order valence-corrected chi connectivity index (χ4v) is 5.55. The second-order valence-electron chi connectivity index (χ2n) is 9.69. The Morgan fingerprint density at radius 3 is 1.86 bits per heavy atom. The van der Waals surface area contributed by atoms with Gasteiger partial charge in [-0.05, 0) is 80.3 Å². The van der Waals surface area contributed by atoms with Crippen molar-refractivity contribution in [3.63, 3.8) is 0 Å². The Labute approximate surface area is 336 Å². The largest absolute Gasteiger partial charge is 0.496 e.